The zero-order valence-corrected chi connectivity index (χ0v) is 12.1. The highest BCUT2D eigenvalue weighted by Crippen LogP contribution is 2.12. The fraction of sp³-hybridized carbons (Fsp3) is 0.643. The van der Waals surface area contributed by atoms with E-state index in [9.17, 15) is 0 Å². The maximum absolute atomic E-state index is 8.96. The summed E-state index contributed by atoms with van der Waals surface area (Å²) in [5, 5.41) is 12.4. The van der Waals surface area contributed by atoms with Crippen molar-refractivity contribution in [2.45, 2.75) is 33.4 Å². The lowest BCUT2D eigenvalue weighted by atomic mass is 10.2. The van der Waals surface area contributed by atoms with Crippen molar-refractivity contribution in [2.24, 2.45) is 7.05 Å². The second kappa shape index (κ2) is 6.58. The van der Waals surface area contributed by atoms with Gasteiger partial charge >= 0.3 is 0 Å². The molecular formula is C14H24N4. The minimum atomic E-state index is 0.579. The number of nitriles is 1. The molecule has 0 aromatic carbocycles. The number of nitrogens with one attached hydrogen (secondary N) is 1. The second-order valence-corrected chi connectivity index (χ2v) is 5.06. The van der Waals surface area contributed by atoms with Gasteiger partial charge < -0.3 is 14.8 Å². The Morgan fingerprint density at radius 3 is 2.67 bits per heavy atom. The summed E-state index contributed by atoms with van der Waals surface area (Å²) in [6.45, 7) is 9.27. The van der Waals surface area contributed by atoms with E-state index in [2.05, 4.69) is 44.1 Å². The van der Waals surface area contributed by atoms with Crippen LogP contribution in [0.2, 0.25) is 0 Å². The van der Waals surface area contributed by atoms with Crippen LogP contribution in [0.3, 0.4) is 0 Å². The summed E-state index contributed by atoms with van der Waals surface area (Å²) in [6, 6.07) is 4.75. The van der Waals surface area contributed by atoms with Crippen LogP contribution in [0.4, 0.5) is 0 Å². The lowest BCUT2D eigenvalue weighted by Gasteiger charge is -2.20. The van der Waals surface area contributed by atoms with Crippen molar-refractivity contribution in [3.63, 3.8) is 0 Å². The Labute approximate surface area is 110 Å². The molecule has 0 spiro atoms. The standard InChI is InChI=1S/C14H24N4/c1-11(2)17(4)7-6-16-10-13-8-14(9-15)18(5)12(13)3/h8,11,16H,6-7,10H2,1-5H3. The van der Waals surface area contributed by atoms with Gasteiger partial charge in [-0.05, 0) is 39.4 Å². The van der Waals surface area contributed by atoms with Crippen LogP contribution in [0.1, 0.15) is 30.8 Å². The molecule has 0 radical (unpaired) electrons. The van der Waals surface area contributed by atoms with E-state index < -0.39 is 0 Å². The highest BCUT2D eigenvalue weighted by atomic mass is 15.1. The minimum Gasteiger partial charge on any atom is -0.340 e. The van der Waals surface area contributed by atoms with Crippen LogP contribution >= 0.6 is 0 Å². The predicted octanol–water partition coefficient (Wildman–Crippen LogP) is 1.63. The third kappa shape index (κ3) is 3.59. The molecular weight excluding hydrogens is 224 g/mol. The molecule has 1 aromatic rings. The lowest BCUT2D eigenvalue weighted by molar-refractivity contribution is 0.273. The topological polar surface area (TPSA) is 44.0 Å². The summed E-state index contributed by atoms with van der Waals surface area (Å²) in [5.41, 5.74) is 3.10. The summed E-state index contributed by atoms with van der Waals surface area (Å²) in [5.74, 6) is 0. The second-order valence-electron chi connectivity index (χ2n) is 5.06. The molecule has 1 aromatic heterocycles. The summed E-state index contributed by atoms with van der Waals surface area (Å²) in [7, 11) is 4.07. The lowest BCUT2D eigenvalue weighted by Crippen LogP contribution is -2.33. The molecule has 1 heterocycles. The Bertz CT molecular complexity index is 426. The van der Waals surface area contributed by atoms with E-state index in [1.165, 1.54) is 5.56 Å². The number of hydrogen-bond acceptors (Lipinski definition) is 3. The first kappa shape index (κ1) is 14.7. The highest BCUT2D eigenvalue weighted by molar-refractivity contribution is 5.33. The third-order valence-electron chi connectivity index (χ3n) is 3.59. The quantitative estimate of drug-likeness (QED) is 0.778. The monoisotopic (exact) mass is 248 g/mol. The molecule has 0 aliphatic carbocycles. The average Bonchev–Trinajstić information content (AvgIpc) is 2.61. The van der Waals surface area contributed by atoms with Gasteiger partial charge in [0.15, 0.2) is 0 Å². The molecule has 1 rings (SSSR count). The van der Waals surface area contributed by atoms with Gasteiger partial charge in [0.05, 0.1) is 0 Å². The van der Waals surface area contributed by atoms with Gasteiger partial charge in [-0.15, -0.1) is 0 Å². The van der Waals surface area contributed by atoms with Crippen LogP contribution in [0.5, 0.6) is 0 Å². The van der Waals surface area contributed by atoms with Gasteiger partial charge in [0.1, 0.15) is 11.8 Å². The zero-order valence-electron chi connectivity index (χ0n) is 12.1. The Kier molecular flexibility index (Phi) is 5.39. The smallest absolute Gasteiger partial charge is 0.120 e. The van der Waals surface area contributed by atoms with Gasteiger partial charge in [-0.1, -0.05) is 0 Å². The molecule has 0 saturated carbocycles. The van der Waals surface area contributed by atoms with E-state index >= 15 is 0 Å². The first-order chi connectivity index (χ1) is 8.47. The van der Waals surface area contributed by atoms with Crippen molar-refractivity contribution in [1.29, 1.82) is 5.26 Å². The normalized spacial score (nSPS) is 11.2. The van der Waals surface area contributed by atoms with Crippen molar-refractivity contribution in [3.05, 3.63) is 23.0 Å². The largest absolute Gasteiger partial charge is 0.340 e. The molecule has 4 nitrogen and oxygen atoms in total. The van der Waals surface area contributed by atoms with Crippen LogP contribution in [0.15, 0.2) is 6.07 Å². The number of aromatic nitrogens is 1. The van der Waals surface area contributed by atoms with Crippen molar-refractivity contribution in [1.82, 2.24) is 14.8 Å². The molecule has 0 unspecified atom stereocenters. The SMILES string of the molecule is Cc1c(CNCCN(C)C(C)C)cc(C#N)n1C. The van der Waals surface area contributed by atoms with Gasteiger partial charge in [0.2, 0.25) is 0 Å². The molecule has 0 atom stereocenters. The minimum absolute atomic E-state index is 0.579. The van der Waals surface area contributed by atoms with Gasteiger partial charge in [0, 0.05) is 38.4 Å². The van der Waals surface area contributed by atoms with E-state index in [1.54, 1.807) is 0 Å². The molecule has 4 heteroatoms. The Morgan fingerprint density at radius 2 is 2.17 bits per heavy atom. The molecule has 0 aliphatic rings. The van der Waals surface area contributed by atoms with E-state index in [0.29, 0.717) is 6.04 Å². The molecule has 100 valence electrons. The Hall–Kier alpha value is -1.31. The predicted molar refractivity (Wildman–Crippen MR) is 74.3 cm³/mol. The van der Waals surface area contributed by atoms with Crippen LogP contribution in [-0.4, -0.2) is 35.6 Å². The highest BCUT2D eigenvalue weighted by Gasteiger charge is 2.08. The summed E-state index contributed by atoms with van der Waals surface area (Å²) >= 11 is 0. The number of likely N-dealkylation sites (N-methyl/N-ethyl adjacent to an activating group) is 1. The van der Waals surface area contributed by atoms with Gasteiger partial charge in [-0.3, -0.25) is 0 Å². The number of nitrogens with zero attached hydrogens (tertiary/aromatic N) is 3. The van der Waals surface area contributed by atoms with Gasteiger partial charge in [-0.25, -0.2) is 0 Å². The summed E-state index contributed by atoms with van der Waals surface area (Å²) < 4.78 is 1.94. The first-order valence-electron chi connectivity index (χ1n) is 6.43. The van der Waals surface area contributed by atoms with Crippen molar-refractivity contribution >= 4 is 0 Å². The first-order valence-corrected chi connectivity index (χ1v) is 6.43. The fourth-order valence-corrected chi connectivity index (χ4v) is 1.79. The van der Waals surface area contributed by atoms with Crippen LogP contribution < -0.4 is 5.32 Å². The molecule has 0 amide bonds. The zero-order chi connectivity index (χ0) is 13.7. The molecule has 0 fully saturated rings. The third-order valence-corrected chi connectivity index (χ3v) is 3.59. The van der Waals surface area contributed by atoms with Gasteiger partial charge in [-0.2, -0.15) is 5.26 Å². The van der Waals surface area contributed by atoms with Crippen molar-refractivity contribution in [2.75, 3.05) is 20.1 Å². The van der Waals surface area contributed by atoms with Crippen LogP contribution in [-0.2, 0) is 13.6 Å². The van der Waals surface area contributed by atoms with E-state index in [0.717, 1.165) is 31.0 Å². The molecule has 0 aliphatic heterocycles. The fourth-order valence-electron chi connectivity index (χ4n) is 1.79. The molecule has 0 bridgehead atoms. The average molecular weight is 248 g/mol. The van der Waals surface area contributed by atoms with Crippen LogP contribution in [0.25, 0.3) is 0 Å². The van der Waals surface area contributed by atoms with Crippen LogP contribution in [0, 0.1) is 18.3 Å². The molecule has 1 N–H and O–H groups in total. The number of hydrogen-bond donors (Lipinski definition) is 1. The molecule has 0 saturated heterocycles. The summed E-state index contributed by atoms with van der Waals surface area (Å²) in [6.07, 6.45) is 0. The molecule has 18 heavy (non-hydrogen) atoms. The Morgan fingerprint density at radius 1 is 1.50 bits per heavy atom. The van der Waals surface area contributed by atoms with Crippen molar-refractivity contribution < 1.29 is 0 Å². The van der Waals surface area contributed by atoms with Crippen molar-refractivity contribution in [3.8, 4) is 6.07 Å². The number of rotatable bonds is 6. The van der Waals surface area contributed by atoms with Gasteiger partial charge in [0.25, 0.3) is 0 Å². The van der Waals surface area contributed by atoms with E-state index in [4.69, 9.17) is 5.26 Å². The maximum Gasteiger partial charge on any atom is 0.120 e. The van der Waals surface area contributed by atoms with E-state index in [1.807, 2.05) is 17.7 Å². The maximum atomic E-state index is 8.96. The summed E-state index contributed by atoms with van der Waals surface area (Å²) in [4.78, 5) is 2.31. The Balaban J connectivity index is 2.43. The van der Waals surface area contributed by atoms with E-state index in [-0.39, 0.29) is 0 Å².